The summed E-state index contributed by atoms with van der Waals surface area (Å²) in [6.45, 7) is 4.79. The highest BCUT2D eigenvalue weighted by atomic mass is 32.1. The average Bonchev–Trinajstić information content (AvgIpc) is 3.10. The number of benzene rings is 1. The van der Waals surface area contributed by atoms with Crippen LogP contribution in [0, 0.1) is 6.92 Å². The van der Waals surface area contributed by atoms with Gasteiger partial charge >= 0.3 is 0 Å². The second kappa shape index (κ2) is 5.87. The van der Waals surface area contributed by atoms with Crippen LogP contribution in [0.15, 0.2) is 34.1 Å². The number of ether oxygens (including phenoxy) is 1. The van der Waals surface area contributed by atoms with Crippen LogP contribution in [0.5, 0.6) is 5.75 Å². The van der Waals surface area contributed by atoms with Gasteiger partial charge in [0.25, 0.3) is 0 Å². The first-order valence-electron chi connectivity index (χ1n) is 6.88. The fourth-order valence-electron chi connectivity index (χ4n) is 2.25. The average molecular weight is 302 g/mol. The number of nitrogens with zero attached hydrogens (tertiary/aromatic N) is 1. The Labute approximate surface area is 127 Å². The van der Waals surface area contributed by atoms with E-state index >= 15 is 0 Å². The molecular weight excluding hydrogens is 284 g/mol. The molecule has 1 N–H and O–H groups in total. The van der Waals surface area contributed by atoms with Crippen molar-refractivity contribution in [3.63, 3.8) is 0 Å². The van der Waals surface area contributed by atoms with E-state index in [4.69, 9.17) is 9.15 Å². The second-order valence-electron chi connectivity index (χ2n) is 5.02. The van der Waals surface area contributed by atoms with Crippen LogP contribution in [0.2, 0.25) is 0 Å². The van der Waals surface area contributed by atoms with Crippen LogP contribution in [0.3, 0.4) is 0 Å². The van der Waals surface area contributed by atoms with Gasteiger partial charge in [0.1, 0.15) is 10.8 Å². The summed E-state index contributed by atoms with van der Waals surface area (Å²) in [5, 5.41) is 7.67. The zero-order chi connectivity index (χ0) is 14.8. The number of hydrogen-bond acceptors (Lipinski definition) is 5. The first-order chi connectivity index (χ1) is 10.2. The Balaban J connectivity index is 1.73. The Morgan fingerprint density at radius 1 is 1.43 bits per heavy atom. The molecule has 1 aromatic carbocycles. The molecule has 1 unspecified atom stereocenters. The molecule has 0 aliphatic heterocycles. The van der Waals surface area contributed by atoms with E-state index in [1.165, 1.54) is 0 Å². The van der Waals surface area contributed by atoms with Crippen LogP contribution in [-0.4, -0.2) is 12.1 Å². The van der Waals surface area contributed by atoms with Crippen LogP contribution in [-0.2, 0) is 6.54 Å². The van der Waals surface area contributed by atoms with Crippen molar-refractivity contribution in [3.05, 3.63) is 46.1 Å². The van der Waals surface area contributed by atoms with Gasteiger partial charge in [-0.2, -0.15) is 0 Å². The lowest BCUT2D eigenvalue weighted by atomic mass is 10.2. The number of fused-ring (bicyclic) bond motifs is 1. The van der Waals surface area contributed by atoms with Crippen LogP contribution in [0.1, 0.15) is 29.4 Å². The zero-order valence-corrected chi connectivity index (χ0v) is 13.2. The molecule has 0 saturated heterocycles. The van der Waals surface area contributed by atoms with Crippen molar-refractivity contribution < 1.29 is 9.15 Å². The Morgan fingerprint density at radius 2 is 2.29 bits per heavy atom. The molecule has 21 heavy (non-hydrogen) atoms. The van der Waals surface area contributed by atoms with Crippen molar-refractivity contribution in [2.45, 2.75) is 26.4 Å². The summed E-state index contributed by atoms with van der Waals surface area (Å²) in [5.74, 6) is 1.66. The summed E-state index contributed by atoms with van der Waals surface area (Å²) in [6.07, 6.45) is 0. The maximum atomic E-state index is 5.88. The molecule has 3 aromatic rings. The van der Waals surface area contributed by atoms with Gasteiger partial charge in [0.05, 0.1) is 19.7 Å². The molecule has 0 aliphatic rings. The number of thiazole rings is 1. The summed E-state index contributed by atoms with van der Waals surface area (Å²) in [5.41, 5.74) is 1.87. The normalized spacial score (nSPS) is 12.7. The molecule has 3 rings (SSSR count). The highest BCUT2D eigenvalue weighted by Gasteiger charge is 2.12. The number of methoxy groups -OCH3 is 1. The first-order valence-corrected chi connectivity index (χ1v) is 7.76. The summed E-state index contributed by atoms with van der Waals surface area (Å²) in [4.78, 5) is 4.50. The molecule has 1 atom stereocenters. The smallest absolute Gasteiger partial charge is 0.176 e. The quantitative estimate of drug-likeness (QED) is 0.772. The Kier molecular flexibility index (Phi) is 3.94. The molecule has 5 heteroatoms. The topological polar surface area (TPSA) is 47.3 Å². The maximum absolute atomic E-state index is 5.88. The van der Waals surface area contributed by atoms with Gasteiger partial charge in [0, 0.05) is 16.5 Å². The number of aryl methyl sites for hydroxylation is 1. The van der Waals surface area contributed by atoms with Gasteiger partial charge in [-0.3, -0.25) is 0 Å². The van der Waals surface area contributed by atoms with E-state index in [2.05, 4.69) is 22.6 Å². The SMILES string of the molecule is COc1cccc2cc(CNC(C)c3nc(C)cs3)oc12. The van der Waals surface area contributed by atoms with Crippen LogP contribution >= 0.6 is 11.3 Å². The fourth-order valence-corrected chi connectivity index (χ4v) is 3.08. The number of rotatable bonds is 5. The van der Waals surface area contributed by atoms with Gasteiger partial charge in [-0.1, -0.05) is 12.1 Å². The van der Waals surface area contributed by atoms with Crippen LogP contribution < -0.4 is 10.1 Å². The van der Waals surface area contributed by atoms with Crippen molar-refractivity contribution in [1.29, 1.82) is 0 Å². The Morgan fingerprint density at radius 3 is 3.00 bits per heavy atom. The lowest BCUT2D eigenvalue weighted by Gasteiger charge is -2.09. The zero-order valence-electron chi connectivity index (χ0n) is 12.3. The molecule has 110 valence electrons. The fraction of sp³-hybridized carbons (Fsp3) is 0.312. The van der Waals surface area contributed by atoms with E-state index in [0.717, 1.165) is 33.2 Å². The van der Waals surface area contributed by atoms with Crippen molar-refractivity contribution in [3.8, 4) is 5.75 Å². The minimum atomic E-state index is 0.207. The van der Waals surface area contributed by atoms with Gasteiger partial charge < -0.3 is 14.5 Å². The molecule has 0 aliphatic carbocycles. The monoisotopic (exact) mass is 302 g/mol. The van der Waals surface area contributed by atoms with E-state index in [1.807, 2.05) is 31.2 Å². The van der Waals surface area contributed by atoms with Gasteiger partial charge in [-0.05, 0) is 26.0 Å². The van der Waals surface area contributed by atoms with Gasteiger partial charge in [-0.25, -0.2) is 4.98 Å². The third-order valence-corrected chi connectivity index (χ3v) is 4.51. The predicted octanol–water partition coefficient (Wildman–Crippen LogP) is 4.06. The number of furan rings is 1. The molecule has 2 aromatic heterocycles. The molecule has 2 heterocycles. The lowest BCUT2D eigenvalue weighted by Crippen LogP contribution is -2.17. The molecule has 0 amide bonds. The van der Waals surface area contributed by atoms with E-state index < -0.39 is 0 Å². The van der Waals surface area contributed by atoms with E-state index in [-0.39, 0.29) is 6.04 Å². The van der Waals surface area contributed by atoms with Gasteiger partial charge in [-0.15, -0.1) is 11.3 Å². The molecule has 0 spiro atoms. The van der Waals surface area contributed by atoms with E-state index in [1.54, 1.807) is 18.4 Å². The van der Waals surface area contributed by atoms with Gasteiger partial charge in [0.2, 0.25) is 0 Å². The Hall–Kier alpha value is -1.85. The van der Waals surface area contributed by atoms with Crippen LogP contribution in [0.4, 0.5) is 0 Å². The molecule has 4 nitrogen and oxygen atoms in total. The molecular formula is C16H18N2O2S. The van der Waals surface area contributed by atoms with E-state index in [0.29, 0.717) is 6.54 Å². The predicted molar refractivity (Wildman–Crippen MR) is 84.9 cm³/mol. The highest BCUT2D eigenvalue weighted by molar-refractivity contribution is 7.09. The summed E-state index contributed by atoms with van der Waals surface area (Å²) >= 11 is 1.68. The number of nitrogens with one attached hydrogen (secondary N) is 1. The number of para-hydroxylation sites is 1. The Bertz CT molecular complexity index is 748. The lowest BCUT2D eigenvalue weighted by molar-refractivity contribution is 0.404. The largest absolute Gasteiger partial charge is 0.493 e. The standard InChI is InChI=1S/C16H18N2O2S/c1-10-9-21-16(18-10)11(2)17-8-13-7-12-5-4-6-14(19-3)15(12)20-13/h4-7,9,11,17H,8H2,1-3H3. The minimum Gasteiger partial charge on any atom is -0.493 e. The van der Waals surface area contributed by atoms with Crippen molar-refractivity contribution >= 4 is 22.3 Å². The molecule has 0 bridgehead atoms. The molecule has 0 fully saturated rings. The second-order valence-corrected chi connectivity index (χ2v) is 5.91. The number of hydrogen-bond donors (Lipinski definition) is 1. The number of aromatic nitrogens is 1. The van der Waals surface area contributed by atoms with Crippen LogP contribution in [0.25, 0.3) is 11.0 Å². The highest BCUT2D eigenvalue weighted by Crippen LogP contribution is 2.28. The third-order valence-electron chi connectivity index (χ3n) is 3.37. The first kappa shape index (κ1) is 14.1. The third kappa shape index (κ3) is 2.94. The van der Waals surface area contributed by atoms with E-state index in [9.17, 15) is 0 Å². The summed E-state index contributed by atoms with van der Waals surface area (Å²) in [7, 11) is 1.65. The maximum Gasteiger partial charge on any atom is 0.176 e. The molecule has 0 radical (unpaired) electrons. The summed E-state index contributed by atoms with van der Waals surface area (Å²) in [6, 6.07) is 8.15. The van der Waals surface area contributed by atoms with Crippen molar-refractivity contribution in [2.75, 3.05) is 7.11 Å². The minimum absolute atomic E-state index is 0.207. The van der Waals surface area contributed by atoms with Gasteiger partial charge in [0.15, 0.2) is 11.3 Å². The summed E-state index contributed by atoms with van der Waals surface area (Å²) < 4.78 is 11.2. The molecule has 0 saturated carbocycles. The van der Waals surface area contributed by atoms with Crippen molar-refractivity contribution in [2.24, 2.45) is 0 Å². The van der Waals surface area contributed by atoms with Crippen molar-refractivity contribution in [1.82, 2.24) is 10.3 Å².